The molecule has 0 atom stereocenters. The first-order chi connectivity index (χ1) is 13.4. The number of carbonyl (C=O) groups is 2. The van der Waals surface area contributed by atoms with Gasteiger partial charge >= 0.3 is 6.03 Å². The Morgan fingerprint density at radius 1 is 1.11 bits per heavy atom. The van der Waals surface area contributed by atoms with E-state index in [2.05, 4.69) is 20.9 Å². The van der Waals surface area contributed by atoms with Gasteiger partial charge in [-0.1, -0.05) is 18.2 Å². The summed E-state index contributed by atoms with van der Waals surface area (Å²) >= 11 is 1.53. The number of amides is 3. The normalized spacial score (nSPS) is 10.7. The maximum Gasteiger partial charge on any atom is 0.319 e. The fourth-order valence-electron chi connectivity index (χ4n) is 2.57. The van der Waals surface area contributed by atoms with Crippen molar-refractivity contribution in [3.63, 3.8) is 0 Å². The lowest BCUT2D eigenvalue weighted by atomic mass is 10.2. The van der Waals surface area contributed by atoms with E-state index in [1.54, 1.807) is 31.2 Å². The maximum absolute atomic E-state index is 12.5. The Balaban J connectivity index is 1.68. The number of para-hydroxylation sites is 2. The van der Waals surface area contributed by atoms with Gasteiger partial charge in [0.25, 0.3) is 0 Å². The molecule has 2 aromatic heterocycles. The van der Waals surface area contributed by atoms with Crippen LogP contribution in [0.1, 0.15) is 25.3 Å². The number of aryl methyl sites for hydroxylation is 1. The number of nitrogens with one attached hydrogen (secondary N) is 3. The van der Waals surface area contributed by atoms with Gasteiger partial charge in [-0.05, 0) is 44.4 Å². The Labute approximate surface area is 167 Å². The molecular formula is C20H22N4O3S. The van der Waals surface area contributed by atoms with Crippen LogP contribution >= 0.6 is 11.3 Å². The molecule has 3 aromatic rings. The molecule has 0 spiro atoms. The molecule has 3 N–H and O–H groups in total. The van der Waals surface area contributed by atoms with Crippen LogP contribution in [0, 0.1) is 6.92 Å². The van der Waals surface area contributed by atoms with Crippen LogP contribution < -0.4 is 16.0 Å². The minimum atomic E-state index is -0.329. The molecule has 28 heavy (non-hydrogen) atoms. The number of hydrogen-bond acceptors (Lipinski definition) is 5. The highest BCUT2D eigenvalue weighted by Gasteiger charge is 2.16. The van der Waals surface area contributed by atoms with E-state index in [0.29, 0.717) is 28.7 Å². The van der Waals surface area contributed by atoms with E-state index < -0.39 is 0 Å². The summed E-state index contributed by atoms with van der Waals surface area (Å²) < 4.78 is 5.68. The smallest absolute Gasteiger partial charge is 0.319 e. The van der Waals surface area contributed by atoms with Crippen molar-refractivity contribution in [3.05, 3.63) is 53.2 Å². The molecule has 0 aliphatic heterocycles. The van der Waals surface area contributed by atoms with Crippen LogP contribution in [0.25, 0.3) is 10.8 Å². The Morgan fingerprint density at radius 3 is 2.46 bits per heavy atom. The molecule has 146 valence electrons. The second-order valence-electron chi connectivity index (χ2n) is 6.52. The van der Waals surface area contributed by atoms with E-state index >= 15 is 0 Å². The van der Waals surface area contributed by atoms with Crippen molar-refractivity contribution in [1.29, 1.82) is 0 Å². The Morgan fingerprint density at radius 2 is 1.82 bits per heavy atom. The summed E-state index contributed by atoms with van der Waals surface area (Å²) in [6.45, 7) is 5.54. The van der Waals surface area contributed by atoms with Gasteiger partial charge in [-0.15, -0.1) is 11.3 Å². The second kappa shape index (κ2) is 8.71. The maximum atomic E-state index is 12.5. The van der Waals surface area contributed by atoms with Crippen LogP contribution in [0.15, 0.2) is 46.2 Å². The second-order valence-corrected chi connectivity index (χ2v) is 7.47. The molecule has 7 nitrogen and oxygen atoms in total. The number of carbonyl (C=O) groups excluding carboxylic acids is 2. The summed E-state index contributed by atoms with van der Waals surface area (Å²) in [5, 5.41) is 10.3. The Hall–Kier alpha value is -3.13. The number of anilines is 2. The molecule has 0 saturated heterocycles. The van der Waals surface area contributed by atoms with Crippen molar-refractivity contribution in [1.82, 2.24) is 10.3 Å². The average Bonchev–Trinajstić information content (AvgIpc) is 3.26. The van der Waals surface area contributed by atoms with Gasteiger partial charge in [0.1, 0.15) is 5.76 Å². The summed E-state index contributed by atoms with van der Waals surface area (Å²) in [4.78, 5) is 29.8. The van der Waals surface area contributed by atoms with Gasteiger partial charge in [0, 0.05) is 6.04 Å². The lowest BCUT2D eigenvalue weighted by Gasteiger charge is -2.14. The van der Waals surface area contributed by atoms with Crippen LogP contribution in [0.2, 0.25) is 0 Å². The third kappa shape index (κ3) is 4.98. The van der Waals surface area contributed by atoms with E-state index in [4.69, 9.17) is 4.42 Å². The van der Waals surface area contributed by atoms with E-state index in [9.17, 15) is 9.59 Å². The molecule has 3 rings (SSSR count). The third-order valence-corrected chi connectivity index (χ3v) is 4.68. The topological polar surface area (TPSA) is 96.3 Å². The van der Waals surface area contributed by atoms with E-state index in [1.165, 1.54) is 11.3 Å². The summed E-state index contributed by atoms with van der Waals surface area (Å²) in [5.74, 6) is 0.886. The van der Waals surface area contributed by atoms with Crippen molar-refractivity contribution >= 4 is 34.6 Å². The van der Waals surface area contributed by atoms with E-state index in [1.807, 2.05) is 31.4 Å². The van der Waals surface area contributed by atoms with Gasteiger partial charge < -0.3 is 20.4 Å². The molecule has 2 heterocycles. The summed E-state index contributed by atoms with van der Waals surface area (Å²) in [6, 6.07) is 10.6. The van der Waals surface area contributed by atoms with Crippen LogP contribution in [-0.2, 0) is 11.2 Å². The standard InChI is InChI=1S/C20H22N4O3S/c1-12(2)21-20(26)24-15-8-5-4-7-14(15)22-18(25)11-16-13(3)27-19(23-16)17-9-6-10-28-17/h4-10,12H,11H2,1-3H3,(H,22,25)(H2,21,24,26). The van der Waals surface area contributed by atoms with Crippen molar-refractivity contribution < 1.29 is 14.0 Å². The molecule has 0 fully saturated rings. The predicted molar refractivity (Wildman–Crippen MR) is 111 cm³/mol. The van der Waals surface area contributed by atoms with Crippen molar-refractivity contribution in [3.8, 4) is 10.8 Å². The summed E-state index contributed by atoms with van der Waals surface area (Å²) in [7, 11) is 0. The minimum absolute atomic E-state index is 0.00874. The van der Waals surface area contributed by atoms with Crippen LogP contribution in [-0.4, -0.2) is 23.0 Å². The van der Waals surface area contributed by atoms with Crippen LogP contribution in [0.4, 0.5) is 16.2 Å². The highest BCUT2D eigenvalue weighted by Crippen LogP contribution is 2.26. The molecule has 3 amide bonds. The molecule has 8 heteroatoms. The summed E-state index contributed by atoms with van der Waals surface area (Å²) in [6.07, 6.45) is 0.0766. The van der Waals surface area contributed by atoms with Gasteiger partial charge in [-0.2, -0.15) is 0 Å². The number of aromatic nitrogens is 1. The highest BCUT2D eigenvalue weighted by molar-refractivity contribution is 7.13. The van der Waals surface area contributed by atoms with Gasteiger partial charge in [-0.25, -0.2) is 9.78 Å². The van der Waals surface area contributed by atoms with Crippen molar-refractivity contribution in [2.75, 3.05) is 10.6 Å². The first kappa shape index (κ1) is 19.6. The molecule has 0 radical (unpaired) electrons. The van der Waals surface area contributed by atoms with Crippen molar-refractivity contribution in [2.24, 2.45) is 0 Å². The van der Waals surface area contributed by atoms with Crippen molar-refractivity contribution in [2.45, 2.75) is 33.2 Å². The van der Waals surface area contributed by atoms with E-state index in [-0.39, 0.29) is 24.4 Å². The van der Waals surface area contributed by atoms with Gasteiger partial charge in [0.15, 0.2) is 0 Å². The number of benzene rings is 1. The molecule has 0 unspecified atom stereocenters. The molecule has 0 aliphatic carbocycles. The zero-order chi connectivity index (χ0) is 20.1. The largest absolute Gasteiger partial charge is 0.440 e. The number of hydrogen-bond donors (Lipinski definition) is 3. The number of urea groups is 1. The monoisotopic (exact) mass is 398 g/mol. The number of oxazole rings is 1. The Kier molecular flexibility index (Phi) is 6.10. The highest BCUT2D eigenvalue weighted by atomic mass is 32.1. The molecule has 0 saturated carbocycles. The predicted octanol–water partition coefficient (Wildman–Crippen LogP) is 4.42. The molecule has 0 aliphatic rings. The van der Waals surface area contributed by atoms with Gasteiger partial charge in [0.05, 0.1) is 28.4 Å². The number of thiophene rings is 1. The number of nitrogens with zero attached hydrogens (tertiary/aromatic N) is 1. The fraction of sp³-hybridized carbons (Fsp3) is 0.250. The third-order valence-electron chi connectivity index (χ3n) is 3.82. The van der Waals surface area contributed by atoms with Crippen LogP contribution in [0.5, 0.6) is 0 Å². The SMILES string of the molecule is Cc1oc(-c2cccs2)nc1CC(=O)Nc1ccccc1NC(=O)NC(C)C. The lowest BCUT2D eigenvalue weighted by molar-refractivity contribution is -0.115. The average molecular weight is 398 g/mol. The molecule has 1 aromatic carbocycles. The summed E-state index contributed by atoms with van der Waals surface area (Å²) in [5.41, 5.74) is 1.63. The zero-order valence-corrected chi connectivity index (χ0v) is 16.7. The molecular weight excluding hydrogens is 376 g/mol. The zero-order valence-electron chi connectivity index (χ0n) is 15.9. The first-order valence-corrected chi connectivity index (χ1v) is 9.77. The van der Waals surface area contributed by atoms with Gasteiger partial charge in [0.2, 0.25) is 11.8 Å². The van der Waals surface area contributed by atoms with E-state index in [0.717, 1.165) is 4.88 Å². The first-order valence-electron chi connectivity index (χ1n) is 8.89. The van der Waals surface area contributed by atoms with Gasteiger partial charge in [-0.3, -0.25) is 4.79 Å². The minimum Gasteiger partial charge on any atom is -0.440 e. The quantitative estimate of drug-likeness (QED) is 0.572. The fourth-order valence-corrected chi connectivity index (χ4v) is 3.21. The van der Waals surface area contributed by atoms with Crippen LogP contribution in [0.3, 0.4) is 0 Å². The lowest BCUT2D eigenvalue weighted by Crippen LogP contribution is -2.34. The molecule has 0 bridgehead atoms. The number of rotatable bonds is 6. The Bertz CT molecular complexity index is 964.